The monoisotopic (exact) mass is 285 g/mol. The van der Waals surface area contributed by atoms with E-state index in [1.165, 1.54) is 6.92 Å². The molecule has 2 heterocycles. The molecule has 0 aromatic carbocycles. The Morgan fingerprint density at radius 2 is 2.22 bits per heavy atom. The summed E-state index contributed by atoms with van der Waals surface area (Å²) < 4.78 is 1.60. The van der Waals surface area contributed by atoms with E-state index in [4.69, 9.17) is 11.6 Å². The normalized spacial score (nSPS) is 10.6. The van der Waals surface area contributed by atoms with E-state index in [-0.39, 0.29) is 21.7 Å². The molecule has 0 aliphatic carbocycles. The van der Waals surface area contributed by atoms with E-state index in [9.17, 15) is 10.1 Å². The fraction of sp³-hybridized carbons (Fsp3) is 0.222. The standard InChI is InChI=1S/C9H8ClN5O2S/c1-5-7(15(16)17)8(13-9(10)12-5)18-6-3-11-14(2)4-6/h3-4H,1-2H3. The van der Waals surface area contributed by atoms with Gasteiger partial charge in [0.05, 0.1) is 16.0 Å². The molecule has 0 bridgehead atoms. The van der Waals surface area contributed by atoms with Crippen molar-refractivity contribution in [2.45, 2.75) is 16.8 Å². The van der Waals surface area contributed by atoms with E-state index in [0.29, 0.717) is 0 Å². The molecule has 9 heteroatoms. The first kappa shape index (κ1) is 12.8. The Labute approximate surface area is 111 Å². The maximum Gasteiger partial charge on any atom is 0.322 e. The van der Waals surface area contributed by atoms with Gasteiger partial charge in [0, 0.05) is 13.2 Å². The van der Waals surface area contributed by atoms with Crippen LogP contribution in [0, 0.1) is 17.0 Å². The summed E-state index contributed by atoms with van der Waals surface area (Å²) in [6.45, 7) is 1.53. The van der Waals surface area contributed by atoms with Gasteiger partial charge < -0.3 is 0 Å². The molecule has 0 amide bonds. The van der Waals surface area contributed by atoms with Crippen molar-refractivity contribution in [2.75, 3.05) is 0 Å². The molecule has 0 aliphatic rings. The molecule has 0 atom stereocenters. The van der Waals surface area contributed by atoms with Crippen molar-refractivity contribution in [3.05, 3.63) is 33.5 Å². The number of nitro groups is 1. The van der Waals surface area contributed by atoms with Gasteiger partial charge in [-0.2, -0.15) is 5.10 Å². The molecule has 0 aliphatic heterocycles. The summed E-state index contributed by atoms with van der Waals surface area (Å²) in [7, 11) is 1.76. The highest BCUT2D eigenvalue weighted by atomic mass is 35.5. The highest BCUT2D eigenvalue weighted by Gasteiger charge is 2.22. The lowest BCUT2D eigenvalue weighted by Gasteiger charge is -2.02. The summed E-state index contributed by atoms with van der Waals surface area (Å²) in [4.78, 5) is 18.9. The molecule has 94 valence electrons. The Morgan fingerprint density at radius 3 is 2.78 bits per heavy atom. The predicted molar refractivity (Wildman–Crippen MR) is 65.8 cm³/mol. The van der Waals surface area contributed by atoms with Crippen LogP contribution < -0.4 is 0 Å². The molecule has 0 N–H and O–H groups in total. The maximum absolute atomic E-state index is 11.0. The topological polar surface area (TPSA) is 86.7 Å². The molecule has 0 spiro atoms. The first-order valence-electron chi connectivity index (χ1n) is 4.82. The lowest BCUT2D eigenvalue weighted by atomic mass is 10.4. The summed E-state index contributed by atoms with van der Waals surface area (Å²) in [6, 6.07) is 0. The third-order valence-corrected chi connectivity index (χ3v) is 3.17. The number of aryl methyl sites for hydroxylation is 2. The van der Waals surface area contributed by atoms with E-state index >= 15 is 0 Å². The molecule has 2 aromatic heterocycles. The first-order valence-corrected chi connectivity index (χ1v) is 6.02. The zero-order valence-corrected chi connectivity index (χ0v) is 11.1. The summed E-state index contributed by atoms with van der Waals surface area (Å²) >= 11 is 6.85. The van der Waals surface area contributed by atoms with Crippen molar-refractivity contribution in [3.8, 4) is 0 Å². The summed E-state index contributed by atoms with van der Waals surface area (Å²) in [5.41, 5.74) is 0.111. The van der Waals surface area contributed by atoms with Crippen molar-refractivity contribution in [1.82, 2.24) is 19.7 Å². The Hall–Kier alpha value is -1.67. The summed E-state index contributed by atoms with van der Waals surface area (Å²) in [5, 5.41) is 15.2. The fourth-order valence-corrected chi connectivity index (χ4v) is 2.59. The van der Waals surface area contributed by atoms with Crippen molar-refractivity contribution in [1.29, 1.82) is 0 Å². The number of hydrogen-bond acceptors (Lipinski definition) is 6. The predicted octanol–water partition coefficient (Wildman–Crippen LogP) is 2.23. The largest absolute Gasteiger partial charge is 0.322 e. The van der Waals surface area contributed by atoms with Crippen LogP contribution in [0.1, 0.15) is 5.69 Å². The average Bonchev–Trinajstić information content (AvgIpc) is 2.62. The quantitative estimate of drug-likeness (QED) is 0.372. The van der Waals surface area contributed by atoms with Gasteiger partial charge in [-0.3, -0.25) is 14.8 Å². The summed E-state index contributed by atoms with van der Waals surface area (Å²) in [6.07, 6.45) is 3.33. The van der Waals surface area contributed by atoms with Gasteiger partial charge in [-0.15, -0.1) is 0 Å². The zero-order chi connectivity index (χ0) is 13.3. The molecule has 0 unspecified atom stereocenters. The SMILES string of the molecule is Cc1nc(Cl)nc(Sc2cnn(C)c2)c1[N+](=O)[O-]. The van der Waals surface area contributed by atoms with E-state index in [1.807, 2.05) is 0 Å². The van der Waals surface area contributed by atoms with Crippen LogP contribution in [0.5, 0.6) is 0 Å². The Bertz CT molecular complexity index is 615. The smallest absolute Gasteiger partial charge is 0.275 e. The van der Waals surface area contributed by atoms with E-state index < -0.39 is 4.92 Å². The van der Waals surface area contributed by atoms with Crippen molar-refractivity contribution >= 4 is 29.1 Å². The highest BCUT2D eigenvalue weighted by molar-refractivity contribution is 7.99. The Balaban J connectivity index is 2.45. The van der Waals surface area contributed by atoms with Crippen molar-refractivity contribution < 1.29 is 4.92 Å². The second-order valence-electron chi connectivity index (χ2n) is 3.44. The first-order chi connectivity index (χ1) is 8.47. The van der Waals surface area contributed by atoms with Gasteiger partial charge >= 0.3 is 5.69 Å². The molecule has 0 radical (unpaired) electrons. The third kappa shape index (κ3) is 2.59. The number of rotatable bonds is 3. The van der Waals surface area contributed by atoms with E-state index in [2.05, 4.69) is 15.1 Å². The molecule has 2 aromatic rings. The van der Waals surface area contributed by atoms with Crippen molar-refractivity contribution in [3.63, 3.8) is 0 Å². The van der Waals surface area contributed by atoms with Gasteiger partial charge in [0.25, 0.3) is 0 Å². The number of halogens is 1. The average molecular weight is 286 g/mol. The highest BCUT2D eigenvalue weighted by Crippen LogP contribution is 2.34. The lowest BCUT2D eigenvalue weighted by molar-refractivity contribution is -0.389. The maximum atomic E-state index is 11.0. The van der Waals surface area contributed by atoms with Crippen LogP contribution in [-0.2, 0) is 7.05 Å². The molecular weight excluding hydrogens is 278 g/mol. The Morgan fingerprint density at radius 1 is 1.50 bits per heavy atom. The van der Waals surface area contributed by atoms with Crippen LogP contribution >= 0.6 is 23.4 Å². The second-order valence-corrected chi connectivity index (χ2v) is 4.84. The van der Waals surface area contributed by atoms with Gasteiger partial charge in [0.1, 0.15) is 5.69 Å². The summed E-state index contributed by atoms with van der Waals surface area (Å²) in [5.74, 6) is 0. The van der Waals surface area contributed by atoms with E-state index in [0.717, 1.165) is 16.7 Å². The van der Waals surface area contributed by atoms with Gasteiger partial charge in [0.15, 0.2) is 5.03 Å². The van der Waals surface area contributed by atoms with Gasteiger partial charge in [-0.25, -0.2) is 9.97 Å². The molecule has 0 saturated carbocycles. The molecular formula is C9H8ClN5O2S. The van der Waals surface area contributed by atoms with Crippen molar-refractivity contribution in [2.24, 2.45) is 7.05 Å². The van der Waals surface area contributed by atoms with E-state index in [1.54, 1.807) is 24.1 Å². The number of nitrogens with zero attached hydrogens (tertiary/aromatic N) is 5. The van der Waals surface area contributed by atoms with Crippen LogP contribution in [-0.4, -0.2) is 24.7 Å². The minimum Gasteiger partial charge on any atom is -0.275 e. The molecule has 18 heavy (non-hydrogen) atoms. The van der Waals surface area contributed by atoms with Crippen LogP contribution in [0.15, 0.2) is 22.3 Å². The minimum atomic E-state index is -0.510. The van der Waals surface area contributed by atoms with Gasteiger partial charge in [-0.1, -0.05) is 11.8 Å². The fourth-order valence-electron chi connectivity index (χ4n) is 1.35. The molecule has 7 nitrogen and oxygen atoms in total. The van der Waals surface area contributed by atoms with Gasteiger partial charge in [0.2, 0.25) is 5.28 Å². The van der Waals surface area contributed by atoms with Crippen LogP contribution in [0.3, 0.4) is 0 Å². The van der Waals surface area contributed by atoms with Crippen LogP contribution in [0.4, 0.5) is 5.69 Å². The van der Waals surface area contributed by atoms with Crippen LogP contribution in [0.25, 0.3) is 0 Å². The minimum absolute atomic E-state index is 0.00973. The molecule has 0 saturated heterocycles. The number of aromatic nitrogens is 4. The Kier molecular flexibility index (Phi) is 3.48. The molecule has 0 fully saturated rings. The third-order valence-electron chi connectivity index (χ3n) is 2.08. The zero-order valence-electron chi connectivity index (χ0n) is 9.49. The van der Waals surface area contributed by atoms with Gasteiger partial charge in [-0.05, 0) is 18.5 Å². The lowest BCUT2D eigenvalue weighted by Crippen LogP contribution is -2.00. The molecule has 2 rings (SSSR count). The second kappa shape index (κ2) is 4.91. The number of hydrogen-bond donors (Lipinski definition) is 0. The van der Waals surface area contributed by atoms with Crippen LogP contribution in [0.2, 0.25) is 5.28 Å².